The summed E-state index contributed by atoms with van der Waals surface area (Å²) in [4.78, 5) is 0. The molecule has 1 heteroatoms. The minimum atomic E-state index is 0.0515. The molecule has 14 heavy (non-hydrogen) atoms. The third kappa shape index (κ3) is 1.50. The summed E-state index contributed by atoms with van der Waals surface area (Å²) in [6, 6.07) is 0. The molecule has 0 aliphatic heterocycles. The molecule has 1 N–H and O–H groups in total. The topological polar surface area (TPSA) is 20.2 Å². The Morgan fingerprint density at radius 3 is 2.43 bits per heavy atom. The molecule has 0 aromatic carbocycles. The van der Waals surface area contributed by atoms with E-state index in [4.69, 9.17) is 0 Å². The molecule has 3 saturated carbocycles. The number of rotatable bonds is 3. The van der Waals surface area contributed by atoms with Crippen LogP contribution in [-0.4, -0.2) is 11.2 Å². The van der Waals surface area contributed by atoms with Crippen LogP contribution in [0, 0.1) is 23.7 Å². The van der Waals surface area contributed by atoms with Gasteiger partial charge < -0.3 is 5.11 Å². The van der Waals surface area contributed by atoms with Gasteiger partial charge in [-0.3, -0.25) is 0 Å². The molecule has 4 atom stereocenters. The Bertz CT molecular complexity index is 209. The van der Waals surface area contributed by atoms with Crippen LogP contribution in [0.4, 0.5) is 0 Å². The van der Waals surface area contributed by atoms with Crippen molar-refractivity contribution in [3.8, 4) is 0 Å². The Morgan fingerprint density at radius 2 is 1.93 bits per heavy atom. The van der Waals surface area contributed by atoms with E-state index >= 15 is 0 Å². The van der Waals surface area contributed by atoms with Crippen LogP contribution in [0.5, 0.6) is 0 Å². The lowest BCUT2D eigenvalue weighted by Gasteiger charge is -2.33. The summed E-state index contributed by atoms with van der Waals surface area (Å²) < 4.78 is 0. The fraction of sp³-hybridized carbons (Fsp3) is 1.00. The zero-order chi connectivity index (χ0) is 9.54. The van der Waals surface area contributed by atoms with Gasteiger partial charge in [-0.15, -0.1) is 0 Å². The van der Waals surface area contributed by atoms with Crippen LogP contribution in [0.2, 0.25) is 0 Å². The smallest absolute Gasteiger partial charge is 0.0573 e. The predicted molar refractivity (Wildman–Crippen MR) is 56.9 cm³/mol. The second-order valence-corrected chi connectivity index (χ2v) is 5.94. The van der Waals surface area contributed by atoms with Crippen molar-refractivity contribution in [1.82, 2.24) is 0 Å². The highest BCUT2D eigenvalue weighted by Gasteiger charge is 2.43. The molecule has 2 bridgehead atoms. The molecule has 80 valence electrons. The van der Waals surface area contributed by atoms with E-state index in [9.17, 15) is 5.11 Å². The van der Waals surface area contributed by atoms with Crippen molar-refractivity contribution >= 4 is 0 Å². The number of hydrogen-bond acceptors (Lipinski definition) is 1. The van der Waals surface area contributed by atoms with Gasteiger partial charge in [0, 0.05) is 0 Å². The summed E-state index contributed by atoms with van der Waals surface area (Å²) in [5, 5.41) is 10.2. The Balaban J connectivity index is 1.54. The minimum absolute atomic E-state index is 0.0515. The van der Waals surface area contributed by atoms with E-state index < -0.39 is 0 Å². The van der Waals surface area contributed by atoms with Crippen molar-refractivity contribution in [3.05, 3.63) is 0 Å². The van der Waals surface area contributed by atoms with Gasteiger partial charge in [0.1, 0.15) is 0 Å². The highest BCUT2D eigenvalue weighted by atomic mass is 16.3. The molecule has 0 radical (unpaired) electrons. The molecular weight excluding hydrogens is 172 g/mol. The highest BCUT2D eigenvalue weighted by Crippen LogP contribution is 2.50. The van der Waals surface area contributed by atoms with Gasteiger partial charge in [0.15, 0.2) is 0 Å². The zero-order valence-electron chi connectivity index (χ0n) is 8.99. The second kappa shape index (κ2) is 3.52. The summed E-state index contributed by atoms with van der Waals surface area (Å²) in [6.45, 7) is 0. The van der Waals surface area contributed by atoms with Gasteiger partial charge in [-0.2, -0.15) is 0 Å². The maximum absolute atomic E-state index is 10.2. The quantitative estimate of drug-likeness (QED) is 0.732. The van der Waals surface area contributed by atoms with Crippen LogP contribution in [0.25, 0.3) is 0 Å². The molecular formula is C13H22O. The molecule has 0 heterocycles. The standard InChI is InChI=1S/C13H22O/c14-13(8-9-2-1-3-9)12-7-10-4-5-11(12)6-10/h9-14H,1-8H2. The number of aliphatic hydroxyl groups excluding tert-OH is 1. The maximum atomic E-state index is 10.2. The summed E-state index contributed by atoms with van der Waals surface area (Å²) in [7, 11) is 0. The van der Waals surface area contributed by atoms with Crippen molar-refractivity contribution in [2.45, 2.75) is 57.5 Å². The number of hydrogen-bond donors (Lipinski definition) is 1. The first kappa shape index (κ1) is 9.21. The van der Waals surface area contributed by atoms with E-state index in [1.54, 1.807) is 0 Å². The van der Waals surface area contributed by atoms with E-state index in [0.29, 0.717) is 5.92 Å². The Labute approximate surface area is 86.9 Å². The van der Waals surface area contributed by atoms with Gasteiger partial charge in [-0.1, -0.05) is 25.7 Å². The molecule has 3 fully saturated rings. The van der Waals surface area contributed by atoms with Gasteiger partial charge in [0.25, 0.3) is 0 Å². The molecule has 0 spiro atoms. The van der Waals surface area contributed by atoms with Gasteiger partial charge >= 0.3 is 0 Å². The van der Waals surface area contributed by atoms with Crippen molar-refractivity contribution in [2.75, 3.05) is 0 Å². The number of fused-ring (bicyclic) bond motifs is 2. The number of aliphatic hydroxyl groups is 1. The summed E-state index contributed by atoms with van der Waals surface area (Å²) in [6.07, 6.45) is 11.0. The summed E-state index contributed by atoms with van der Waals surface area (Å²) in [5.41, 5.74) is 0. The summed E-state index contributed by atoms with van der Waals surface area (Å²) in [5.74, 6) is 3.45. The molecule has 4 unspecified atom stereocenters. The van der Waals surface area contributed by atoms with Crippen molar-refractivity contribution in [1.29, 1.82) is 0 Å². The lowest BCUT2D eigenvalue weighted by Crippen LogP contribution is -2.29. The maximum Gasteiger partial charge on any atom is 0.0573 e. The zero-order valence-corrected chi connectivity index (χ0v) is 8.99. The molecule has 0 aromatic rings. The first-order valence-electron chi connectivity index (χ1n) is 6.51. The van der Waals surface area contributed by atoms with Gasteiger partial charge in [0.2, 0.25) is 0 Å². The largest absolute Gasteiger partial charge is 0.393 e. The third-order valence-corrected chi connectivity index (χ3v) is 5.09. The fourth-order valence-electron chi connectivity index (χ4n) is 4.01. The Morgan fingerprint density at radius 1 is 1.07 bits per heavy atom. The lowest BCUT2D eigenvalue weighted by atomic mass is 9.76. The van der Waals surface area contributed by atoms with E-state index in [2.05, 4.69) is 0 Å². The molecule has 1 nitrogen and oxygen atoms in total. The fourth-order valence-corrected chi connectivity index (χ4v) is 4.01. The van der Waals surface area contributed by atoms with Crippen LogP contribution in [0.1, 0.15) is 51.4 Å². The van der Waals surface area contributed by atoms with E-state index in [-0.39, 0.29) is 6.10 Å². The van der Waals surface area contributed by atoms with Crippen molar-refractivity contribution in [2.24, 2.45) is 23.7 Å². The van der Waals surface area contributed by atoms with Gasteiger partial charge in [-0.05, 0) is 49.4 Å². The van der Waals surface area contributed by atoms with Gasteiger partial charge in [-0.25, -0.2) is 0 Å². The molecule has 3 aliphatic carbocycles. The highest BCUT2D eigenvalue weighted by molar-refractivity contribution is 4.93. The third-order valence-electron chi connectivity index (χ3n) is 5.09. The first-order valence-corrected chi connectivity index (χ1v) is 6.51. The van der Waals surface area contributed by atoms with Crippen LogP contribution in [0.3, 0.4) is 0 Å². The molecule has 3 aliphatic rings. The summed E-state index contributed by atoms with van der Waals surface area (Å²) >= 11 is 0. The van der Waals surface area contributed by atoms with Gasteiger partial charge in [0.05, 0.1) is 6.10 Å². The average Bonchev–Trinajstić information content (AvgIpc) is 2.71. The molecule has 0 saturated heterocycles. The van der Waals surface area contributed by atoms with E-state index in [0.717, 1.165) is 24.2 Å². The molecule has 0 amide bonds. The van der Waals surface area contributed by atoms with Crippen LogP contribution < -0.4 is 0 Å². The SMILES string of the molecule is OC(CC1CCC1)C1CC2CCC1C2. The Kier molecular flexibility index (Phi) is 2.31. The Hall–Kier alpha value is -0.0400. The van der Waals surface area contributed by atoms with E-state index in [1.807, 2.05) is 0 Å². The van der Waals surface area contributed by atoms with Crippen molar-refractivity contribution in [3.63, 3.8) is 0 Å². The predicted octanol–water partition coefficient (Wildman–Crippen LogP) is 2.97. The lowest BCUT2D eigenvalue weighted by molar-refractivity contribution is 0.0410. The first-order chi connectivity index (χ1) is 6.83. The second-order valence-electron chi connectivity index (χ2n) is 5.94. The van der Waals surface area contributed by atoms with E-state index in [1.165, 1.54) is 44.9 Å². The monoisotopic (exact) mass is 194 g/mol. The normalized spacial score (nSPS) is 43.9. The van der Waals surface area contributed by atoms with Crippen LogP contribution >= 0.6 is 0 Å². The average molecular weight is 194 g/mol. The van der Waals surface area contributed by atoms with Crippen molar-refractivity contribution < 1.29 is 5.11 Å². The van der Waals surface area contributed by atoms with Crippen LogP contribution in [0.15, 0.2) is 0 Å². The van der Waals surface area contributed by atoms with Crippen LogP contribution in [-0.2, 0) is 0 Å². The minimum Gasteiger partial charge on any atom is -0.393 e. The molecule has 3 rings (SSSR count). The molecule has 0 aromatic heterocycles.